The zero-order valence-corrected chi connectivity index (χ0v) is 33.0. The van der Waals surface area contributed by atoms with Gasteiger partial charge in [-0.3, -0.25) is 9.59 Å². The standard InChI is InChI=1S/C20H38O2.C12H22O2.C10H20.C2H4/c1-3-5-6-7-8-9-10-11-12-13-14-15-16-17-18-19-20(21)22-4-2;1-3-5-6-7-8-9-10-11-12(13)14-4-2;1-3-5-7-9-10-8-6-4-2;1-2/h11-12H,3-10,13-19H2,1-2H3;3H,1,4-11H2,2H3;3H,1,4-10H2,2H3;1-2H2/b12-11-;;;. The van der Waals surface area contributed by atoms with Gasteiger partial charge < -0.3 is 9.47 Å². The summed E-state index contributed by atoms with van der Waals surface area (Å²) in [5, 5.41) is 0. The van der Waals surface area contributed by atoms with E-state index < -0.39 is 0 Å². The highest BCUT2D eigenvalue weighted by Crippen LogP contribution is 2.11. The highest BCUT2D eigenvalue weighted by molar-refractivity contribution is 5.69. The molecule has 0 aliphatic rings. The summed E-state index contributed by atoms with van der Waals surface area (Å²) in [5.74, 6) is -0.0984. The number of unbranched alkanes of at least 4 members (excludes halogenated alkanes) is 22. The molecule has 0 fully saturated rings. The summed E-state index contributed by atoms with van der Waals surface area (Å²) >= 11 is 0. The molecule has 4 heteroatoms. The molecular weight excluding hydrogens is 592 g/mol. The van der Waals surface area contributed by atoms with E-state index in [1.807, 2.05) is 26.0 Å². The maximum Gasteiger partial charge on any atom is 0.305 e. The minimum Gasteiger partial charge on any atom is -0.466 e. The van der Waals surface area contributed by atoms with Crippen LogP contribution in [0.3, 0.4) is 0 Å². The number of carbonyl (C=O) groups excluding carboxylic acids is 2. The van der Waals surface area contributed by atoms with E-state index in [2.05, 4.69) is 52.3 Å². The molecule has 0 aromatic heterocycles. The first kappa shape index (κ1) is 52.7. The normalized spacial score (nSPS) is 10.1. The van der Waals surface area contributed by atoms with Crippen LogP contribution in [0.2, 0.25) is 0 Å². The van der Waals surface area contributed by atoms with Crippen molar-refractivity contribution in [3.8, 4) is 0 Å². The highest BCUT2D eigenvalue weighted by Gasteiger charge is 2.01. The Hall–Kier alpha value is -2.10. The Labute approximate surface area is 301 Å². The summed E-state index contributed by atoms with van der Waals surface area (Å²) in [6, 6.07) is 0. The van der Waals surface area contributed by atoms with E-state index in [4.69, 9.17) is 9.47 Å². The highest BCUT2D eigenvalue weighted by atomic mass is 16.5. The van der Waals surface area contributed by atoms with Crippen molar-refractivity contribution in [2.24, 2.45) is 0 Å². The Morgan fingerprint density at radius 3 is 0.979 bits per heavy atom. The summed E-state index contributed by atoms with van der Waals surface area (Å²) in [7, 11) is 0. The SMILES string of the molecule is C=C.C=CCCCCCCCC.C=CCCCCCCCC(=O)OCC.CCCCCCCC/C=C\CCCCCCCC(=O)OCC. The average Bonchev–Trinajstić information content (AvgIpc) is 3.09. The number of carbonyl (C=O) groups is 2. The third-order valence-corrected chi connectivity index (χ3v) is 7.80. The molecule has 0 saturated carbocycles. The molecule has 0 radical (unpaired) electrons. The zero-order chi connectivity index (χ0) is 36.6. The Bertz CT molecular complexity index is 654. The molecule has 0 heterocycles. The monoisotopic (exact) mass is 677 g/mol. The van der Waals surface area contributed by atoms with Crippen molar-refractivity contribution in [2.75, 3.05) is 13.2 Å². The maximum atomic E-state index is 11.1. The predicted molar refractivity (Wildman–Crippen MR) is 215 cm³/mol. The van der Waals surface area contributed by atoms with Crippen LogP contribution >= 0.6 is 0 Å². The molecule has 0 aromatic rings. The van der Waals surface area contributed by atoms with Gasteiger partial charge >= 0.3 is 11.9 Å². The fourth-order valence-corrected chi connectivity index (χ4v) is 4.96. The lowest BCUT2D eigenvalue weighted by molar-refractivity contribution is -0.144. The Morgan fingerprint density at radius 1 is 0.417 bits per heavy atom. The van der Waals surface area contributed by atoms with Gasteiger partial charge in [-0.15, -0.1) is 26.3 Å². The lowest BCUT2D eigenvalue weighted by atomic mass is 10.1. The first-order valence-electron chi connectivity index (χ1n) is 20.2. The molecule has 0 saturated heterocycles. The molecule has 48 heavy (non-hydrogen) atoms. The minimum absolute atomic E-state index is 0.0415. The molecule has 0 spiro atoms. The van der Waals surface area contributed by atoms with E-state index >= 15 is 0 Å². The molecular formula is C44H84O4. The van der Waals surface area contributed by atoms with Crippen LogP contribution in [-0.2, 0) is 19.1 Å². The smallest absolute Gasteiger partial charge is 0.305 e. The number of hydrogen-bond donors (Lipinski definition) is 0. The van der Waals surface area contributed by atoms with E-state index in [0.717, 1.165) is 32.1 Å². The van der Waals surface area contributed by atoms with Crippen molar-refractivity contribution in [2.45, 2.75) is 207 Å². The summed E-state index contributed by atoms with van der Waals surface area (Å²) < 4.78 is 9.75. The van der Waals surface area contributed by atoms with Crippen LogP contribution in [0.4, 0.5) is 0 Å². The van der Waals surface area contributed by atoms with Gasteiger partial charge in [0.15, 0.2) is 0 Å². The van der Waals surface area contributed by atoms with E-state index in [0.29, 0.717) is 26.1 Å². The second-order valence-corrected chi connectivity index (χ2v) is 12.4. The fraction of sp³-hybridized carbons (Fsp3) is 0.773. The Kier molecular flexibility index (Phi) is 59.7. The van der Waals surface area contributed by atoms with Crippen molar-refractivity contribution >= 4 is 11.9 Å². The second-order valence-electron chi connectivity index (χ2n) is 12.4. The molecule has 284 valence electrons. The number of allylic oxidation sites excluding steroid dienone is 4. The summed E-state index contributed by atoms with van der Waals surface area (Å²) in [5.41, 5.74) is 0. The molecule has 0 aliphatic carbocycles. The van der Waals surface area contributed by atoms with Gasteiger partial charge in [0.05, 0.1) is 13.2 Å². The lowest BCUT2D eigenvalue weighted by Crippen LogP contribution is -2.03. The van der Waals surface area contributed by atoms with Crippen molar-refractivity contribution in [3.05, 3.63) is 50.6 Å². The van der Waals surface area contributed by atoms with E-state index in [1.165, 1.54) is 135 Å². The van der Waals surface area contributed by atoms with Crippen molar-refractivity contribution in [3.63, 3.8) is 0 Å². The van der Waals surface area contributed by atoms with Crippen LogP contribution in [0.1, 0.15) is 207 Å². The summed E-state index contributed by atoms with van der Waals surface area (Å²) in [6.07, 6.45) is 43.0. The molecule has 0 N–H and O–H groups in total. The van der Waals surface area contributed by atoms with Crippen molar-refractivity contribution in [1.82, 2.24) is 0 Å². The Morgan fingerprint density at radius 2 is 0.688 bits per heavy atom. The molecule has 0 aromatic carbocycles. The molecule has 0 amide bonds. The van der Waals surface area contributed by atoms with Crippen molar-refractivity contribution in [1.29, 1.82) is 0 Å². The van der Waals surface area contributed by atoms with Gasteiger partial charge in [-0.25, -0.2) is 0 Å². The van der Waals surface area contributed by atoms with E-state index in [-0.39, 0.29) is 11.9 Å². The van der Waals surface area contributed by atoms with Crippen LogP contribution < -0.4 is 0 Å². The quantitative estimate of drug-likeness (QED) is 0.0404. The minimum atomic E-state index is -0.0569. The number of ether oxygens (including phenoxy) is 2. The molecule has 4 nitrogen and oxygen atoms in total. The number of hydrogen-bond acceptors (Lipinski definition) is 4. The largest absolute Gasteiger partial charge is 0.466 e. The number of rotatable bonds is 32. The maximum absolute atomic E-state index is 11.1. The summed E-state index contributed by atoms with van der Waals surface area (Å²) in [4.78, 5) is 22.1. The molecule has 0 aliphatic heterocycles. The first-order chi connectivity index (χ1) is 23.5. The van der Waals surface area contributed by atoms with Crippen molar-refractivity contribution < 1.29 is 19.1 Å². The molecule has 0 atom stereocenters. The van der Waals surface area contributed by atoms with Gasteiger partial charge in [-0.2, -0.15) is 0 Å². The van der Waals surface area contributed by atoms with E-state index in [1.54, 1.807) is 0 Å². The summed E-state index contributed by atoms with van der Waals surface area (Å²) in [6.45, 7) is 22.6. The number of esters is 2. The van der Waals surface area contributed by atoms with Gasteiger partial charge in [0, 0.05) is 12.8 Å². The van der Waals surface area contributed by atoms with Gasteiger partial charge in [-0.05, 0) is 78.1 Å². The first-order valence-corrected chi connectivity index (χ1v) is 20.2. The van der Waals surface area contributed by atoms with Crippen LogP contribution in [0.5, 0.6) is 0 Å². The second kappa shape index (κ2) is 54.4. The van der Waals surface area contributed by atoms with Gasteiger partial charge in [0.25, 0.3) is 0 Å². The predicted octanol–water partition coefficient (Wildman–Crippen LogP) is 14.8. The van der Waals surface area contributed by atoms with Gasteiger partial charge in [0.2, 0.25) is 0 Å². The molecule has 0 rings (SSSR count). The van der Waals surface area contributed by atoms with Crippen LogP contribution in [0.25, 0.3) is 0 Å². The fourth-order valence-electron chi connectivity index (χ4n) is 4.96. The van der Waals surface area contributed by atoms with Crippen LogP contribution in [0.15, 0.2) is 50.6 Å². The zero-order valence-electron chi connectivity index (χ0n) is 33.0. The third-order valence-electron chi connectivity index (χ3n) is 7.80. The van der Waals surface area contributed by atoms with Gasteiger partial charge in [0.1, 0.15) is 0 Å². The molecule has 0 bridgehead atoms. The Balaban J connectivity index is -0.000000319. The average molecular weight is 677 g/mol. The van der Waals surface area contributed by atoms with Crippen LogP contribution in [-0.4, -0.2) is 25.2 Å². The third kappa shape index (κ3) is 59.3. The van der Waals surface area contributed by atoms with E-state index in [9.17, 15) is 9.59 Å². The topological polar surface area (TPSA) is 52.6 Å². The molecule has 0 unspecified atom stereocenters. The lowest BCUT2D eigenvalue weighted by Gasteiger charge is -2.01. The van der Waals surface area contributed by atoms with Gasteiger partial charge in [-0.1, -0.05) is 141 Å². The van der Waals surface area contributed by atoms with Crippen LogP contribution in [0, 0.1) is 0 Å².